The monoisotopic (exact) mass is 295 g/mol. The van der Waals surface area contributed by atoms with E-state index in [1.54, 1.807) is 0 Å². The second-order valence-electron chi connectivity index (χ2n) is 5.35. The van der Waals surface area contributed by atoms with Crippen LogP contribution in [0.2, 0.25) is 0 Å². The van der Waals surface area contributed by atoms with E-state index in [2.05, 4.69) is 5.32 Å². The Morgan fingerprint density at radius 3 is 2.48 bits per heavy atom. The molecule has 1 fully saturated rings. The molecule has 1 aliphatic carbocycles. The molecule has 1 aromatic rings. The van der Waals surface area contributed by atoms with Gasteiger partial charge in [-0.05, 0) is 12.8 Å². The fourth-order valence-electron chi connectivity index (χ4n) is 2.70. The number of aliphatic carboxylic acids is 1. The molecule has 114 valence electrons. The molecule has 0 spiro atoms. The van der Waals surface area contributed by atoms with E-state index in [9.17, 15) is 24.8 Å². The van der Waals surface area contributed by atoms with E-state index in [0.717, 1.165) is 25.3 Å². The van der Waals surface area contributed by atoms with Crippen molar-refractivity contribution in [2.45, 2.75) is 37.6 Å². The molecule has 0 aromatic carbocycles. The molecule has 1 amide bonds. The number of nitrogens with one attached hydrogen (secondary N) is 1. The van der Waals surface area contributed by atoms with E-state index in [1.807, 2.05) is 0 Å². The van der Waals surface area contributed by atoms with Gasteiger partial charge in [-0.2, -0.15) is 0 Å². The van der Waals surface area contributed by atoms with Gasteiger partial charge in [0.2, 0.25) is 0 Å². The summed E-state index contributed by atoms with van der Waals surface area (Å²) in [5.41, 5.74) is -1.39. The standard InChI is InChI=1S/C13H17N3O5/c1-15-8-9(16(20)21)7-10(15)11(17)14-13(12(18)19)5-3-2-4-6-13/h7-8H,2-6H2,1H3,(H,14,17)(H,18,19). The van der Waals surface area contributed by atoms with Crippen molar-refractivity contribution < 1.29 is 19.6 Å². The van der Waals surface area contributed by atoms with Crippen molar-refractivity contribution in [3.8, 4) is 0 Å². The number of nitrogens with zero attached hydrogens (tertiary/aromatic N) is 2. The molecule has 8 nitrogen and oxygen atoms in total. The highest BCUT2D eigenvalue weighted by Gasteiger charge is 2.41. The van der Waals surface area contributed by atoms with Gasteiger partial charge in [-0.1, -0.05) is 19.3 Å². The highest BCUT2D eigenvalue weighted by atomic mass is 16.6. The second-order valence-corrected chi connectivity index (χ2v) is 5.35. The van der Waals surface area contributed by atoms with Crippen molar-refractivity contribution in [2.75, 3.05) is 0 Å². The van der Waals surface area contributed by atoms with Gasteiger partial charge in [0.15, 0.2) is 0 Å². The Bertz CT molecular complexity index is 587. The molecule has 0 radical (unpaired) electrons. The first kappa shape index (κ1) is 15.0. The minimum atomic E-state index is -1.27. The Kier molecular flexibility index (Phi) is 3.97. The smallest absolute Gasteiger partial charge is 0.329 e. The molecule has 0 atom stereocenters. The molecule has 8 heteroatoms. The Labute approximate surface area is 120 Å². The first-order valence-electron chi connectivity index (χ1n) is 6.72. The number of nitro groups is 1. The van der Waals surface area contributed by atoms with E-state index in [4.69, 9.17) is 0 Å². The average Bonchev–Trinajstić information content (AvgIpc) is 2.82. The summed E-state index contributed by atoms with van der Waals surface area (Å²) in [6.07, 6.45) is 4.39. The predicted octanol–water partition coefficient (Wildman–Crippen LogP) is 1.45. The molecule has 2 rings (SSSR count). The number of carboxylic acid groups (broad SMARTS) is 1. The molecule has 0 aliphatic heterocycles. The van der Waals surface area contributed by atoms with E-state index in [0.29, 0.717) is 12.8 Å². The number of rotatable bonds is 4. The molecule has 0 saturated heterocycles. The fourth-order valence-corrected chi connectivity index (χ4v) is 2.70. The summed E-state index contributed by atoms with van der Waals surface area (Å²) in [5.74, 6) is -1.66. The normalized spacial score (nSPS) is 17.2. The van der Waals surface area contributed by atoms with Gasteiger partial charge in [-0.3, -0.25) is 14.9 Å². The van der Waals surface area contributed by atoms with Gasteiger partial charge in [0, 0.05) is 13.1 Å². The maximum Gasteiger partial charge on any atom is 0.329 e. The number of carbonyl (C=O) groups is 2. The topological polar surface area (TPSA) is 114 Å². The summed E-state index contributed by atoms with van der Waals surface area (Å²) in [6, 6.07) is 1.15. The number of aromatic nitrogens is 1. The van der Waals surface area contributed by atoms with Crippen molar-refractivity contribution in [2.24, 2.45) is 7.05 Å². The first-order chi connectivity index (χ1) is 9.85. The molecule has 1 aliphatic rings. The molecule has 1 aromatic heterocycles. The minimum absolute atomic E-state index is 0.0768. The van der Waals surface area contributed by atoms with Crippen molar-refractivity contribution in [3.05, 3.63) is 28.1 Å². The lowest BCUT2D eigenvalue weighted by Gasteiger charge is -2.33. The van der Waals surface area contributed by atoms with Crippen LogP contribution < -0.4 is 5.32 Å². The summed E-state index contributed by atoms with van der Waals surface area (Å²) < 4.78 is 1.33. The van der Waals surface area contributed by atoms with Gasteiger partial charge in [0.05, 0.1) is 11.1 Å². The lowest BCUT2D eigenvalue weighted by Crippen LogP contribution is -2.55. The number of carboxylic acids is 1. The second kappa shape index (κ2) is 5.55. The van der Waals surface area contributed by atoms with Gasteiger partial charge in [-0.25, -0.2) is 4.79 Å². The Hall–Kier alpha value is -2.38. The lowest BCUT2D eigenvalue weighted by molar-refractivity contribution is -0.384. The van der Waals surface area contributed by atoms with Crippen LogP contribution in [0.1, 0.15) is 42.6 Å². The zero-order chi connectivity index (χ0) is 15.6. The third-order valence-corrected chi connectivity index (χ3v) is 3.90. The molecule has 1 saturated carbocycles. The van der Waals surface area contributed by atoms with Crippen LogP contribution in [-0.4, -0.2) is 32.0 Å². The van der Waals surface area contributed by atoms with Crippen LogP contribution in [0.15, 0.2) is 12.3 Å². The van der Waals surface area contributed by atoms with E-state index >= 15 is 0 Å². The van der Waals surface area contributed by atoms with Gasteiger partial charge in [0.1, 0.15) is 11.2 Å². The number of amides is 1. The molecule has 2 N–H and O–H groups in total. The molecular weight excluding hydrogens is 278 g/mol. The Morgan fingerprint density at radius 2 is 2.00 bits per heavy atom. The van der Waals surface area contributed by atoms with Crippen LogP contribution in [0.3, 0.4) is 0 Å². The molecular formula is C13H17N3O5. The van der Waals surface area contributed by atoms with Crippen molar-refractivity contribution in [1.82, 2.24) is 9.88 Å². The van der Waals surface area contributed by atoms with Crippen LogP contribution >= 0.6 is 0 Å². The first-order valence-corrected chi connectivity index (χ1v) is 6.72. The van der Waals surface area contributed by atoms with Crippen LogP contribution in [0.5, 0.6) is 0 Å². The SMILES string of the molecule is Cn1cc([N+](=O)[O-])cc1C(=O)NC1(C(=O)O)CCCCC1. The highest BCUT2D eigenvalue weighted by molar-refractivity contribution is 5.97. The third kappa shape index (κ3) is 2.88. The molecule has 0 unspecified atom stereocenters. The lowest BCUT2D eigenvalue weighted by atomic mass is 9.81. The zero-order valence-corrected chi connectivity index (χ0v) is 11.7. The summed E-state index contributed by atoms with van der Waals surface area (Å²) in [5, 5.41) is 22.7. The Balaban J connectivity index is 2.23. The van der Waals surface area contributed by atoms with Gasteiger partial charge in [0.25, 0.3) is 11.6 Å². The summed E-state index contributed by atoms with van der Waals surface area (Å²) >= 11 is 0. The molecule has 1 heterocycles. The number of carbonyl (C=O) groups excluding carboxylic acids is 1. The van der Waals surface area contributed by atoms with Crippen LogP contribution in [0.25, 0.3) is 0 Å². The minimum Gasteiger partial charge on any atom is -0.480 e. The van der Waals surface area contributed by atoms with Crippen molar-refractivity contribution >= 4 is 17.6 Å². The van der Waals surface area contributed by atoms with Crippen molar-refractivity contribution in [3.63, 3.8) is 0 Å². The van der Waals surface area contributed by atoms with Crippen molar-refractivity contribution in [1.29, 1.82) is 0 Å². The van der Waals surface area contributed by atoms with Gasteiger partial charge >= 0.3 is 5.97 Å². The van der Waals surface area contributed by atoms with Crippen LogP contribution in [0, 0.1) is 10.1 Å². The van der Waals surface area contributed by atoms with Crippen LogP contribution in [0.4, 0.5) is 5.69 Å². The maximum absolute atomic E-state index is 12.3. The van der Waals surface area contributed by atoms with Gasteiger partial charge in [-0.15, -0.1) is 0 Å². The molecule has 0 bridgehead atoms. The largest absolute Gasteiger partial charge is 0.480 e. The van der Waals surface area contributed by atoms with E-state index in [-0.39, 0.29) is 11.4 Å². The Morgan fingerprint density at radius 1 is 1.38 bits per heavy atom. The molecule has 21 heavy (non-hydrogen) atoms. The fraction of sp³-hybridized carbons (Fsp3) is 0.538. The summed E-state index contributed by atoms with van der Waals surface area (Å²) in [6.45, 7) is 0. The van der Waals surface area contributed by atoms with E-state index < -0.39 is 22.3 Å². The van der Waals surface area contributed by atoms with Gasteiger partial charge < -0.3 is 15.0 Å². The van der Waals surface area contributed by atoms with Crippen LogP contribution in [-0.2, 0) is 11.8 Å². The summed E-state index contributed by atoms with van der Waals surface area (Å²) in [7, 11) is 1.51. The highest BCUT2D eigenvalue weighted by Crippen LogP contribution is 2.29. The summed E-state index contributed by atoms with van der Waals surface area (Å²) in [4.78, 5) is 33.9. The van der Waals surface area contributed by atoms with E-state index in [1.165, 1.54) is 17.8 Å². The maximum atomic E-state index is 12.3. The number of aryl methyl sites for hydroxylation is 1. The predicted molar refractivity (Wildman–Crippen MR) is 73.0 cm³/mol. The quantitative estimate of drug-likeness (QED) is 0.644. The average molecular weight is 295 g/mol. The number of hydrogen-bond donors (Lipinski definition) is 2. The number of hydrogen-bond acceptors (Lipinski definition) is 4. The zero-order valence-electron chi connectivity index (χ0n) is 11.7. The third-order valence-electron chi connectivity index (χ3n) is 3.90.